The Morgan fingerprint density at radius 3 is 2.56 bits per heavy atom. The summed E-state index contributed by atoms with van der Waals surface area (Å²) in [6, 6.07) is 9.04. The third-order valence-electron chi connectivity index (χ3n) is 3.64. The topological polar surface area (TPSA) is 69.2 Å². The molecule has 4 heteroatoms. The minimum Gasteiger partial charge on any atom is -0.549 e. The molecular formula is C14H16NO3-. The number of aliphatic carboxylic acids is 1. The Kier molecular flexibility index (Phi) is 3.36. The Morgan fingerprint density at radius 1 is 1.33 bits per heavy atom. The van der Waals surface area contributed by atoms with Gasteiger partial charge in [0.1, 0.15) is 0 Å². The molecule has 1 aliphatic rings. The minimum absolute atomic E-state index is 0.0828. The minimum atomic E-state index is -1.05. The van der Waals surface area contributed by atoms with Crippen molar-refractivity contribution in [1.82, 2.24) is 5.32 Å². The summed E-state index contributed by atoms with van der Waals surface area (Å²) in [4.78, 5) is 22.6. The lowest BCUT2D eigenvalue weighted by Gasteiger charge is -2.31. The maximum atomic E-state index is 11.5. The molecule has 0 bridgehead atoms. The monoisotopic (exact) mass is 246 g/mol. The maximum Gasteiger partial charge on any atom is 0.217 e. The van der Waals surface area contributed by atoms with Crippen LogP contribution in [0.5, 0.6) is 0 Å². The number of carboxylic acid groups (broad SMARTS) is 1. The summed E-state index contributed by atoms with van der Waals surface area (Å²) in [5.74, 6) is -1.18. The number of carbonyl (C=O) groups is 2. The van der Waals surface area contributed by atoms with Gasteiger partial charge in [-0.1, -0.05) is 30.3 Å². The first-order valence-electron chi connectivity index (χ1n) is 6.09. The number of hydrogen-bond donors (Lipinski definition) is 1. The van der Waals surface area contributed by atoms with Crippen LogP contribution in [-0.4, -0.2) is 17.9 Å². The molecule has 2 rings (SSSR count). The largest absolute Gasteiger partial charge is 0.549 e. The lowest BCUT2D eigenvalue weighted by Crippen LogP contribution is -2.45. The zero-order valence-corrected chi connectivity index (χ0v) is 10.3. The van der Waals surface area contributed by atoms with Crippen LogP contribution in [0.4, 0.5) is 0 Å². The number of carboxylic acids is 1. The quantitative estimate of drug-likeness (QED) is 0.837. The molecule has 1 aromatic carbocycles. The molecule has 0 aliphatic heterocycles. The van der Waals surface area contributed by atoms with Crippen molar-refractivity contribution in [3.05, 3.63) is 35.9 Å². The summed E-state index contributed by atoms with van der Waals surface area (Å²) < 4.78 is 0. The van der Waals surface area contributed by atoms with Crippen LogP contribution in [0.1, 0.15) is 31.7 Å². The molecule has 0 heterocycles. The number of carbonyl (C=O) groups excluding carboxylic acids is 2. The number of rotatable bonds is 3. The molecule has 1 fully saturated rings. The molecule has 0 spiro atoms. The van der Waals surface area contributed by atoms with E-state index in [4.69, 9.17) is 0 Å². The Labute approximate surface area is 106 Å². The number of amides is 1. The zero-order chi connectivity index (χ0) is 13.2. The zero-order valence-electron chi connectivity index (χ0n) is 10.3. The van der Waals surface area contributed by atoms with Gasteiger partial charge in [-0.3, -0.25) is 4.79 Å². The molecule has 96 valence electrons. The summed E-state index contributed by atoms with van der Waals surface area (Å²) in [5.41, 5.74) is -0.202. The summed E-state index contributed by atoms with van der Waals surface area (Å²) in [6.07, 6.45) is 1.58. The molecule has 1 N–H and O–H groups in total. The van der Waals surface area contributed by atoms with Gasteiger partial charge < -0.3 is 15.2 Å². The highest BCUT2D eigenvalue weighted by Gasteiger charge is 2.42. The van der Waals surface area contributed by atoms with Gasteiger partial charge in [0.05, 0.1) is 5.97 Å². The Bertz CT molecular complexity index is 457. The molecule has 0 aromatic heterocycles. The molecule has 1 aliphatic carbocycles. The summed E-state index contributed by atoms with van der Waals surface area (Å²) >= 11 is 0. The van der Waals surface area contributed by atoms with Crippen molar-refractivity contribution >= 4 is 11.9 Å². The van der Waals surface area contributed by atoms with Crippen LogP contribution in [0.15, 0.2) is 30.3 Å². The van der Waals surface area contributed by atoms with Gasteiger partial charge in [0.15, 0.2) is 0 Å². The summed E-state index contributed by atoms with van der Waals surface area (Å²) in [7, 11) is 0. The SMILES string of the molecule is CC(=O)N[C@H]1CC[C@@](C(=O)[O-])(c2ccccc2)C1. The Balaban J connectivity index is 2.26. The van der Waals surface area contributed by atoms with Crippen LogP contribution < -0.4 is 10.4 Å². The molecular weight excluding hydrogens is 230 g/mol. The van der Waals surface area contributed by atoms with E-state index in [0.29, 0.717) is 19.3 Å². The van der Waals surface area contributed by atoms with E-state index in [1.165, 1.54) is 6.92 Å². The smallest absolute Gasteiger partial charge is 0.217 e. The van der Waals surface area contributed by atoms with E-state index in [2.05, 4.69) is 5.32 Å². The first kappa shape index (κ1) is 12.6. The molecule has 18 heavy (non-hydrogen) atoms. The van der Waals surface area contributed by atoms with E-state index in [1.54, 1.807) is 0 Å². The van der Waals surface area contributed by atoms with E-state index < -0.39 is 11.4 Å². The van der Waals surface area contributed by atoms with Gasteiger partial charge in [-0.05, 0) is 24.8 Å². The molecule has 4 nitrogen and oxygen atoms in total. The fourth-order valence-corrected chi connectivity index (χ4v) is 2.78. The second-order valence-corrected chi connectivity index (χ2v) is 4.88. The third-order valence-corrected chi connectivity index (χ3v) is 3.64. The van der Waals surface area contributed by atoms with Crippen LogP contribution >= 0.6 is 0 Å². The lowest BCUT2D eigenvalue weighted by atomic mass is 9.79. The van der Waals surface area contributed by atoms with Gasteiger partial charge in [-0.2, -0.15) is 0 Å². The second-order valence-electron chi connectivity index (χ2n) is 4.88. The van der Waals surface area contributed by atoms with Crippen LogP contribution in [-0.2, 0) is 15.0 Å². The standard InChI is InChI=1S/C14H17NO3/c1-10(16)15-12-7-8-14(9-12,13(17)18)11-5-3-2-4-6-11/h2-6,12H,7-9H2,1H3,(H,15,16)(H,17,18)/p-1/t12-,14-/m0/s1. The maximum absolute atomic E-state index is 11.5. The lowest BCUT2D eigenvalue weighted by molar-refractivity contribution is -0.313. The molecule has 0 radical (unpaired) electrons. The van der Waals surface area contributed by atoms with Crippen molar-refractivity contribution in [2.24, 2.45) is 0 Å². The van der Waals surface area contributed by atoms with Crippen LogP contribution in [0.3, 0.4) is 0 Å². The van der Waals surface area contributed by atoms with Gasteiger partial charge >= 0.3 is 0 Å². The highest BCUT2D eigenvalue weighted by molar-refractivity contribution is 5.80. The predicted molar refractivity (Wildman–Crippen MR) is 64.6 cm³/mol. The highest BCUT2D eigenvalue weighted by Crippen LogP contribution is 2.40. The van der Waals surface area contributed by atoms with Crippen molar-refractivity contribution < 1.29 is 14.7 Å². The van der Waals surface area contributed by atoms with Crippen molar-refractivity contribution in [3.63, 3.8) is 0 Å². The van der Waals surface area contributed by atoms with E-state index >= 15 is 0 Å². The molecule has 0 unspecified atom stereocenters. The normalized spacial score (nSPS) is 26.8. The van der Waals surface area contributed by atoms with Gasteiger partial charge in [0.25, 0.3) is 0 Å². The van der Waals surface area contributed by atoms with Gasteiger partial charge in [-0.25, -0.2) is 0 Å². The first-order chi connectivity index (χ1) is 8.54. The Hall–Kier alpha value is -1.84. The fraction of sp³-hybridized carbons (Fsp3) is 0.429. The molecule has 1 saturated carbocycles. The fourth-order valence-electron chi connectivity index (χ4n) is 2.78. The van der Waals surface area contributed by atoms with Crippen LogP contribution in [0, 0.1) is 0 Å². The molecule has 1 amide bonds. The second kappa shape index (κ2) is 4.80. The summed E-state index contributed by atoms with van der Waals surface area (Å²) in [6.45, 7) is 1.45. The van der Waals surface area contributed by atoms with E-state index in [0.717, 1.165) is 5.56 Å². The first-order valence-corrected chi connectivity index (χ1v) is 6.09. The summed E-state index contributed by atoms with van der Waals surface area (Å²) in [5, 5.41) is 14.3. The van der Waals surface area contributed by atoms with Crippen molar-refractivity contribution in [2.75, 3.05) is 0 Å². The van der Waals surface area contributed by atoms with Crippen molar-refractivity contribution in [1.29, 1.82) is 0 Å². The van der Waals surface area contributed by atoms with Gasteiger partial charge in [-0.15, -0.1) is 0 Å². The van der Waals surface area contributed by atoms with Crippen LogP contribution in [0.25, 0.3) is 0 Å². The van der Waals surface area contributed by atoms with Crippen molar-refractivity contribution in [3.8, 4) is 0 Å². The molecule has 0 saturated heterocycles. The van der Waals surface area contributed by atoms with E-state index in [9.17, 15) is 14.7 Å². The van der Waals surface area contributed by atoms with Crippen molar-refractivity contribution in [2.45, 2.75) is 37.6 Å². The average Bonchev–Trinajstić information content (AvgIpc) is 2.74. The third kappa shape index (κ3) is 2.23. The number of nitrogens with one attached hydrogen (secondary N) is 1. The van der Waals surface area contributed by atoms with Gasteiger partial charge in [0, 0.05) is 18.4 Å². The van der Waals surface area contributed by atoms with E-state index in [1.807, 2.05) is 30.3 Å². The molecule has 1 aromatic rings. The highest BCUT2D eigenvalue weighted by atomic mass is 16.4. The number of benzene rings is 1. The number of hydrogen-bond acceptors (Lipinski definition) is 3. The van der Waals surface area contributed by atoms with E-state index in [-0.39, 0.29) is 11.9 Å². The van der Waals surface area contributed by atoms with Gasteiger partial charge in [0.2, 0.25) is 5.91 Å². The Morgan fingerprint density at radius 2 is 2.00 bits per heavy atom. The predicted octanol–water partition coefficient (Wildman–Crippen LogP) is 0.363. The average molecular weight is 246 g/mol. The van der Waals surface area contributed by atoms with Crippen LogP contribution in [0.2, 0.25) is 0 Å². The molecule has 2 atom stereocenters.